The molecule has 72 valence electrons. The van der Waals surface area contributed by atoms with Gasteiger partial charge in [0, 0.05) is 23.4 Å². The van der Waals surface area contributed by atoms with Crippen LogP contribution in [0.25, 0.3) is 0 Å². The molecule has 0 amide bonds. The van der Waals surface area contributed by atoms with Gasteiger partial charge in [0.25, 0.3) is 0 Å². The standard InChI is InChI=1S/C11H11ClN2/c12-8-4-3-6-9-5-1-2-7-10(9)11(13)14/h1-2,5,7H,4,8H2,(H3,13,14). The summed E-state index contributed by atoms with van der Waals surface area (Å²) in [6.07, 6.45) is 0.647. The molecule has 0 heterocycles. The first-order chi connectivity index (χ1) is 6.75. The fourth-order valence-corrected chi connectivity index (χ4v) is 1.13. The molecule has 1 aromatic carbocycles. The Morgan fingerprint density at radius 3 is 2.79 bits per heavy atom. The molecule has 0 bridgehead atoms. The molecule has 1 rings (SSSR count). The highest BCUT2D eigenvalue weighted by molar-refractivity contribution is 6.18. The molecule has 14 heavy (non-hydrogen) atoms. The average molecular weight is 207 g/mol. The van der Waals surface area contributed by atoms with E-state index in [1.54, 1.807) is 6.07 Å². The fraction of sp³-hybridized carbons (Fsp3) is 0.182. The van der Waals surface area contributed by atoms with Gasteiger partial charge in [0.1, 0.15) is 5.84 Å². The summed E-state index contributed by atoms with van der Waals surface area (Å²) < 4.78 is 0. The highest BCUT2D eigenvalue weighted by Gasteiger charge is 2.00. The Kier molecular flexibility index (Phi) is 4.03. The van der Waals surface area contributed by atoms with E-state index < -0.39 is 0 Å². The topological polar surface area (TPSA) is 49.9 Å². The summed E-state index contributed by atoms with van der Waals surface area (Å²) in [7, 11) is 0. The Morgan fingerprint density at radius 2 is 2.14 bits per heavy atom. The van der Waals surface area contributed by atoms with Crippen molar-refractivity contribution in [2.45, 2.75) is 6.42 Å². The minimum atomic E-state index is 0.0424. The smallest absolute Gasteiger partial charge is 0.124 e. The van der Waals surface area contributed by atoms with Gasteiger partial charge in [-0.15, -0.1) is 11.6 Å². The first-order valence-electron chi connectivity index (χ1n) is 4.24. The number of halogens is 1. The number of nitrogen functional groups attached to an aromatic ring is 1. The number of rotatable bonds is 2. The molecule has 0 aromatic heterocycles. The van der Waals surface area contributed by atoms with Gasteiger partial charge in [0.05, 0.1) is 0 Å². The van der Waals surface area contributed by atoms with Crippen LogP contribution in [0.15, 0.2) is 24.3 Å². The minimum absolute atomic E-state index is 0.0424. The highest BCUT2D eigenvalue weighted by atomic mass is 35.5. The van der Waals surface area contributed by atoms with Crippen LogP contribution in [0.4, 0.5) is 0 Å². The summed E-state index contributed by atoms with van der Waals surface area (Å²) >= 11 is 5.50. The van der Waals surface area contributed by atoms with Crippen molar-refractivity contribution in [2.75, 3.05) is 5.88 Å². The van der Waals surface area contributed by atoms with Crippen molar-refractivity contribution >= 4 is 17.4 Å². The van der Waals surface area contributed by atoms with Crippen molar-refractivity contribution in [1.82, 2.24) is 0 Å². The fourth-order valence-electron chi connectivity index (χ4n) is 1.03. The van der Waals surface area contributed by atoms with Crippen LogP contribution in [-0.2, 0) is 0 Å². The van der Waals surface area contributed by atoms with Crippen molar-refractivity contribution in [3.05, 3.63) is 35.4 Å². The molecule has 0 fully saturated rings. The predicted molar refractivity (Wildman–Crippen MR) is 59.7 cm³/mol. The lowest BCUT2D eigenvalue weighted by molar-refractivity contribution is 1.29. The third kappa shape index (κ3) is 2.79. The predicted octanol–water partition coefficient (Wildman–Crippen LogP) is 1.95. The molecule has 0 spiro atoms. The number of hydrogen-bond acceptors (Lipinski definition) is 1. The number of hydrogen-bond donors (Lipinski definition) is 2. The Balaban J connectivity index is 2.97. The molecule has 0 unspecified atom stereocenters. The molecule has 0 saturated heterocycles. The second-order valence-electron chi connectivity index (χ2n) is 2.70. The monoisotopic (exact) mass is 206 g/mol. The molecule has 0 aliphatic carbocycles. The van der Waals surface area contributed by atoms with Gasteiger partial charge in [-0.3, -0.25) is 5.41 Å². The second-order valence-corrected chi connectivity index (χ2v) is 3.08. The van der Waals surface area contributed by atoms with E-state index in [4.69, 9.17) is 22.7 Å². The summed E-state index contributed by atoms with van der Waals surface area (Å²) in [5.74, 6) is 6.42. The zero-order chi connectivity index (χ0) is 10.4. The summed E-state index contributed by atoms with van der Waals surface area (Å²) in [6, 6.07) is 7.34. The van der Waals surface area contributed by atoms with Gasteiger partial charge in [-0.1, -0.05) is 30.0 Å². The van der Waals surface area contributed by atoms with Crippen LogP contribution in [0, 0.1) is 17.3 Å². The zero-order valence-electron chi connectivity index (χ0n) is 7.68. The van der Waals surface area contributed by atoms with Crippen molar-refractivity contribution in [2.24, 2.45) is 5.73 Å². The van der Waals surface area contributed by atoms with Gasteiger partial charge in [-0.05, 0) is 6.07 Å². The van der Waals surface area contributed by atoms with E-state index in [2.05, 4.69) is 11.8 Å². The van der Waals surface area contributed by atoms with E-state index in [0.29, 0.717) is 17.9 Å². The molecule has 2 nitrogen and oxygen atoms in total. The first-order valence-corrected chi connectivity index (χ1v) is 4.77. The van der Waals surface area contributed by atoms with Gasteiger partial charge >= 0.3 is 0 Å². The molecule has 0 atom stereocenters. The number of alkyl halides is 1. The summed E-state index contributed by atoms with van der Waals surface area (Å²) in [5, 5.41) is 7.34. The van der Waals surface area contributed by atoms with Crippen LogP contribution in [0.1, 0.15) is 17.5 Å². The van der Waals surface area contributed by atoms with Crippen LogP contribution < -0.4 is 5.73 Å². The van der Waals surface area contributed by atoms with Crippen molar-refractivity contribution < 1.29 is 0 Å². The average Bonchev–Trinajstić information content (AvgIpc) is 2.19. The highest BCUT2D eigenvalue weighted by Crippen LogP contribution is 2.05. The molecule has 3 heteroatoms. The number of amidine groups is 1. The van der Waals surface area contributed by atoms with E-state index >= 15 is 0 Å². The molecule has 0 saturated carbocycles. The third-order valence-corrected chi connectivity index (χ3v) is 1.85. The molecular formula is C11H11ClN2. The summed E-state index contributed by atoms with van der Waals surface area (Å²) in [5.41, 5.74) is 6.87. The van der Waals surface area contributed by atoms with Crippen LogP contribution in [-0.4, -0.2) is 11.7 Å². The largest absolute Gasteiger partial charge is 0.384 e. The van der Waals surface area contributed by atoms with Crippen LogP contribution in [0.2, 0.25) is 0 Å². The normalized spacial score (nSPS) is 8.93. The van der Waals surface area contributed by atoms with Gasteiger partial charge in [-0.2, -0.15) is 0 Å². The first kappa shape index (κ1) is 10.6. The lowest BCUT2D eigenvalue weighted by Gasteiger charge is -2.00. The van der Waals surface area contributed by atoms with E-state index in [1.807, 2.05) is 18.2 Å². The maximum absolute atomic E-state index is 7.34. The van der Waals surface area contributed by atoms with Gasteiger partial charge in [0.15, 0.2) is 0 Å². The van der Waals surface area contributed by atoms with E-state index in [1.165, 1.54) is 0 Å². The van der Waals surface area contributed by atoms with Gasteiger partial charge < -0.3 is 5.73 Å². The Bertz CT molecular complexity index is 388. The zero-order valence-corrected chi connectivity index (χ0v) is 8.43. The van der Waals surface area contributed by atoms with Crippen molar-refractivity contribution in [3.63, 3.8) is 0 Å². The molecule has 0 aliphatic rings. The van der Waals surface area contributed by atoms with Crippen molar-refractivity contribution in [3.8, 4) is 11.8 Å². The van der Waals surface area contributed by atoms with Crippen molar-refractivity contribution in [1.29, 1.82) is 5.41 Å². The SMILES string of the molecule is N=C(N)c1ccccc1C#CCCCl. The summed E-state index contributed by atoms with van der Waals surface area (Å²) in [6.45, 7) is 0. The quantitative estimate of drug-likeness (QED) is 0.331. The maximum Gasteiger partial charge on any atom is 0.124 e. The van der Waals surface area contributed by atoms with Gasteiger partial charge in [-0.25, -0.2) is 0 Å². The maximum atomic E-state index is 7.34. The lowest BCUT2D eigenvalue weighted by atomic mass is 10.1. The number of nitrogens with two attached hydrogens (primary N) is 1. The third-order valence-electron chi connectivity index (χ3n) is 1.66. The number of benzene rings is 1. The van der Waals surface area contributed by atoms with Gasteiger partial charge in [0.2, 0.25) is 0 Å². The Hall–Kier alpha value is -1.46. The van der Waals surface area contributed by atoms with E-state index in [0.717, 1.165) is 5.56 Å². The van der Waals surface area contributed by atoms with Crippen LogP contribution in [0.3, 0.4) is 0 Å². The van der Waals surface area contributed by atoms with E-state index in [-0.39, 0.29) is 5.84 Å². The van der Waals surface area contributed by atoms with Crippen LogP contribution in [0.5, 0.6) is 0 Å². The second kappa shape index (κ2) is 5.31. The summed E-state index contributed by atoms with van der Waals surface area (Å²) in [4.78, 5) is 0. The molecule has 1 aromatic rings. The Morgan fingerprint density at radius 1 is 1.43 bits per heavy atom. The lowest BCUT2D eigenvalue weighted by Crippen LogP contribution is -2.12. The molecule has 0 aliphatic heterocycles. The Labute approximate surface area is 88.6 Å². The molecule has 0 radical (unpaired) electrons. The molecular weight excluding hydrogens is 196 g/mol. The van der Waals surface area contributed by atoms with E-state index in [9.17, 15) is 0 Å². The number of nitrogens with one attached hydrogen (secondary N) is 1. The molecule has 3 N–H and O–H groups in total. The van der Waals surface area contributed by atoms with Crippen LogP contribution >= 0.6 is 11.6 Å². The minimum Gasteiger partial charge on any atom is -0.384 e.